The second-order valence-corrected chi connectivity index (χ2v) is 4.00. The van der Waals surface area contributed by atoms with Gasteiger partial charge in [0.2, 0.25) is 0 Å². The molecule has 1 N–H and O–H groups in total. The van der Waals surface area contributed by atoms with Crippen molar-refractivity contribution in [1.29, 1.82) is 0 Å². The van der Waals surface area contributed by atoms with Gasteiger partial charge in [-0.25, -0.2) is 8.78 Å². The fourth-order valence-corrected chi connectivity index (χ4v) is 1.76. The number of aryl methyl sites for hydroxylation is 1. The molecule has 2 aromatic rings. The van der Waals surface area contributed by atoms with Gasteiger partial charge in [0.05, 0.1) is 5.69 Å². The van der Waals surface area contributed by atoms with E-state index >= 15 is 0 Å². The number of benzene rings is 1. The number of pyridine rings is 1. The molecule has 0 aliphatic carbocycles. The average molecular weight is 249 g/mol. The van der Waals surface area contributed by atoms with Gasteiger partial charge < -0.3 is 5.11 Å². The van der Waals surface area contributed by atoms with Gasteiger partial charge in [0, 0.05) is 24.4 Å². The minimum atomic E-state index is -0.623. The smallest absolute Gasteiger partial charge is 0.135 e. The number of aromatic nitrogens is 1. The molecule has 0 fully saturated rings. The maximum absolute atomic E-state index is 13.6. The van der Waals surface area contributed by atoms with Gasteiger partial charge in [-0.2, -0.15) is 0 Å². The molecule has 0 unspecified atom stereocenters. The highest BCUT2D eigenvalue weighted by atomic mass is 19.1. The van der Waals surface area contributed by atoms with Gasteiger partial charge in [0.1, 0.15) is 11.6 Å². The second-order valence-electron chi connectivity index (χ2n) is 4.00. The highest BCUT2D eigenvalue weighted by Crippen LogP contribution is 2.22. The van der Waals surface area contributed by atoms with Gasteiger partial charge in [0.25, 0.3) is 0 Å². The van der Waals surface area contributed by atoms with Gasteiger partial charge in [-0.05, 0) is 42.7 Å². The summed E-state index contributed by atoms with van der Waals surface area (Å²) < 4.78 is 26.4. The normalized spacial score (nSPS) is 10.6. The molecule has 0 bridgehead atoms. The molecule has 0 spiro atoms. The maximum atomic E-state index is 13.6. The summed E-state index contributed by atoms with van der Waals surface area (Å²) in [6, 6.07) is 7.01. The van der Waals surface area contributed by atoms with Crippen LogP contribution in [0, 0.1) is 11.6 Å². The van der Waals surface area contributed by atoms with Crippen LogP contribution in [0.15, 0.2) is 36.5 Å². The lowest BCUT2D eigenvalue weighted by molar-refractivity contribution is 0.288. The Labute approximate surface area is 104 Å². The Bertz CT molecular complexity index is 543. The predicted molar refractivity (Wildman–Crippen MR) is 65.0 cm³/mol. The summed E-state index contributed by atoms with van der Waals surface area (Å²) in [5.74, 6) is -1.23. The fraction of sp³-hybridized carbons (Fsp3) is 0.214. The van der Waals surface area contributed by atoms with Crippen LogP contribution >= 0.6 is 0 Å². The molecule has 1 aromatic carbocycles. The highest BCUT2D eigenvalue weighted by molar-refractivity contribution is 5.60. The van der Waals surface area contributed by atoms with E-state index in [0.29, 0.717) is 18.5 Å². The van der Waals surface area contributed by atoms with Crippen molar-refractivity contribution in [3.8, 4) is 11.3 Å². The molecule has 0 saturated heterocycles. The Kier molecular flexibility index (Phi) is 3.99. The van der Waals surface area contributed by atoms with Crippen molar-refractivity contribution >= 4 is 0 Å². The van der Waals surface area contributed by atoms with Crippen LogP contribution in [0.25, 0.3) is 11.3 Å². The Morgan fingerprint density at radius 2 is 1.94 bits per heavy atom. The zero-order chi connectivity index (χ0) is 13.0. The molecule has 2 rings (SSSR count). The number of rotatable bonds is 4. The molecule has 0 radical (unpaired) electrons. The standard InChI is InChI=1S/C14H13F2NO/c15-11-3-4-12(13(16)9-11)14-8-10(2-1-7-18)5-6-17-14/h3-6,8-9,18H,1-2,7H2. The Morgan fingerprint density at radius 3 is 2.67 bits per heavy atom. The van der Waals surface area contributed by atoms with E-state index in [0.717, 1.165) is 11.6 Å². The third kappa shape index (κ3) is 2.90. The van der Waals surface area contributed by atoms with Crippen molar-refractivity contribution in [2.45, 2.75) is 12.8 Å². The molecule has 4 heteroatoms. The summed E-state index contributed by atoms with van der Waals surface area (Å²) in [6.07, 6.45) is 2.94. The number of aliphatic hydroxyl groups excluding tert-OH is 1. The SMILES string of the molecule is OCCCc1ccnc(-c2ccc(F)cc2F)c1. The highest BCUT2D eigenvalue weighted by Gasteiger charge is 2.08. The van der Waals surface area contributed by atoms with E-state index in [1.165, 1.54) is 12.1 Å². The summed E-state index contributed by atoms with van der Waals surface area (Å²) in [5.41, 5.74) is 1.72. The Hall–Kier alpha value is -1.81. The van der Waals surface area contributed by atoms with Crippen molar-refractivity contribution in [1.82, 2.24) is 4.98 Å². The maximum Gasteiger partial charge on any atom is 0.135 e. The first kappa shape index (κ1) is 12.6. The lowest BCUT2D eigenvalue weighted by Gasteiger charge is -2.05. The van der Waals surface area contributed by atoms with Crippen LogP contribution in [0.4, 0.5) is 8.78 Å². The summed E-state index contributed by atoms with van der Waals surface area (Å²) in [4.78, 5) is 4.08. The molecule has 1 aromatic heterocycles. The first-order valence-electron chi connectivity index (χ1n) is 5.72. The molecule has 18 heavy (non-hydrogen) atoms. The first-order valence-corrected chi connectivity index (χ1v) is 5.72. The second kappa shape index (κ2) is 5.69. The van der Waals surface area contributed by atoms with Gasteiger partial charge in [0.15, 0.2) is 0 Å². The zero-order valence-corrected chi connectivity index (χ0v) is 9.74. The molecule has 94 valence electrons. The molecule has 2 nitrogen and oxygen atoms in total. The third-order valence-corrected chi connectivity index (χ3v) is 2.65. The average Bonchev–Trinajstić information content (AvgIpc) is 2.36. The molecule has 0 aliphatic rings. The quantitative estimate of drug-likeness (QED) is 0.903. The molecular formula is C14H13F2NO. The van der Waals surface area contributed by atoms with Crippen LogP contribution in [-0.2, 0) is 6.42 Å². The van der Waals surface area contributed by atoms with Crippen LogP contribution in [-0.4, -0.2) is 16.7 Å². The van der Waals surface area contributed by atoms with E-state index in [-0.39, 0.29) is 12.2 Å². The summed E-state index contributed by atoms with van der Waals surface area (Å²) >= 11 is 0. The van der Waals surface area contributed by atoms with Crippen molar-refractivity contribution in [3.63, 3.8) is 0 Å². The number of halogens is 2. The molecule has 0 amide bonds. The van der Waals surface area contributed by atoms with Crippen molar-refractivity contribution < 1.29 is 13.9 Å². The van der Waals surface area contributed by atoms with Crippen LogP contribution in [0.2, 0.25) is 0 Å². The minimum absolute atomic E-state index is 0.114. The van der Waals surface area contributed by atoms with E-state index in [2.05, 4.69) is 4.98 Å². The van der Waals surface area contributed by atoms with Gasteiger partial charge >= 0.3 is 0 Å². The zero-order valence-electron chi connectivity index (χ0n) is 9.74. The third-order valence-electron chi connectivity index (χ3n) is 2.65. The van der Waals surface area contributed by atoms with E-state index in [1.807, 2.05) is 6.07 Å². The summed E-state index contributed by atoms with van der Waals surface area (Å²) in [7, 11) is 0. The number of nitrogens with zero attached hydrogens (tertiary/aromatic N) is 1. The van der Waals surface area contributed by atoms with Crippen LogP contribution in [0.1, 0.15) is 12.0 Å². The molecule has 0 aliphatic heterocycles. The fourth-order valence-electron chi connectivity index (χ4n) is 1.76. The largest absolute Gasteiger partial charge is 0.396 e. The number of hydrogen-bond donors (Lipinski definition) is 1. The van der Waals surface area contributed by atoms with E-state index < -0.39 is 11.6 Å². The molecule has 0 saturated carbocycles. The van der Waals surface area contributed by atoms with Gasteiger partial charge in [-0.15, -0.1) is 0 Å². The summed E-state index contributed by atoms with van der Waals surface area (Å²) in [6.45, 7) is 0.114. The Balaban J connectivity index is 2.32. The van der Waals surface area contributed by atoms with E-state index in [9.17, 15) is 8.78 Å². The van der Waals surface area contributed by atoms with Crippen LogP contribution in [0.3, 0.4) is 0 Å². The Morgan fingerprint density at radius 1 is 1.11 bits per heavy atom. The van der Waals surface area contributed by atoms with Crippen molar-refractivity contribution in [2.24, 2.45) is 0 Å². The minimum Gasteiger partial charge on any atom is -0.396 e. The van der Waals surface area contributed by atoms with E-state index in [1.54, 1.807) is 12.3 Å². The predicted octanol–water partition coefficient (Wildman–Crippen LogP) is 2.95. The van der Waals surface area contributed by atoms with Crippen LogP contribution in [0.5, 0.6) is 0 Å². The number of aliphatic hydroxyl groups is 1. The van der Waals surface area contributed by atoms with Crippen LogP contribution < -0.4 is 0 Å². The topological polar surface area (TPSA) is 33.1 Å². The lowest BCUT2D eigenvalue weighted by Crippen LogP contribution is -1.93. The monoisotopic (exact) mass is 249 g/mol. The first-order chi connectivity index (χ1) is 8.70. The summed E-state index contributed by atoms with van der Waals surface area (Å²) in [5, 5.41) is 8.77. The van der Waals surface area contributed by atoms with Crippen molar-refractivity contribution in [2.75, 3.05) is 6.61 Å². The lowest BCUT2D eigenvalue weighted by atomic mass is 10.1. The van der Waals surface area contributed by atoms with E-state index in [4.69, 9.17) is 5.11 Å². The van der Waals surface area contributed by atoms with Gasteiger partial charge in [-0.3, -0.25) is 4.98 Å². The van der Waals surface area contributed by atoms with Crippen molar-refractivity contribution in [3.05, 3.63) is 53.7 Å². The number of hydrogen-bond acceptors (Lipinski definition) is 2. The molecular weight excluding hydrogens is 236 g/mol. The molecule has 0 atom stereocenters. The molecule has 1 heterocycles. The van der Waals surface area contributed by atoms with Gasteiger partial charge in [-0.1, -0.05) is 0 Å².